The first-order chi connectivity index (χ1) is 24.7. The molecule has 0 bridgehead atoms. The van der Waals surface area contributed by atoms with E-state index in [1.54, 1.807) is 0 Å². The van der Waals surface area contributed by atoms with Crippen LogP contribution in [0.2, 0.25) is 0 Å². The molecule has 2 atom stereocenters. The summed E-state index contributed by atoms with van der Waals surface area (Å²) in [5.41, 5.74) is 4.95. The van der Waals surface area contributed by atoms with Gasteiger partial charge in [-0.15, -0.1) is 0 Å². The Morgan fingerprint density at radius 2 is 0.900 bits per heavy atom. The van der Waals surface area contributed by atoms with Crippen molar-refractivity contribution in [2.45, 2.75) is 102 Å². The van der Waals surface area contributed by atoms with Crippen molar-refractivity contribution in [2.24, 2.45) is 0 Å². The third kappa shape index (κ3) is 12.3. The maximum Gasteiger partial charge on any atom is 0.157 e. The fourth-order valence-corrected chi connectivity index (χ4v) is 6.35. The van der Waals surface area contributed by atoms with Crippen LogP contribution in [0, 0.1) is 0 Å². The van der Waals surface area contributed by atoms with Gasteiger partial charge in [0.2, 0.25) is 0 Å². The molecule has 3 aromatic rings. The molecule has 0 saturated carbocycles. The van der Waals surface area contributed by atoms with Crippen LogP contribution < -0.4 is 9.47 Å². The Morgan fingerprint density at radius 3 is 1.28 bits per heavy atom. The van der Waals surface area contributed by atoms with Crippen molar-refractivity contribution >= 4 is 12.6 Å². The van der Waals surface area contributed by atoms with Crippen molar-refractivity contribution in [3.05, 3.63) is 71.8 Å². The molecule has 3 aromatic carbocycles. The number of carbonyl (C=O) groups is 2. The van der Waals surface area contributed by atoms with E-state index in [9.17, 15) is 9.59 Å². The van der Waals surface area contributed by atoms with Crippen molar-refractivity contribution in [3.63, 3.8) is 0 Å². The zero-order valence-electron chi connectivity index (χ0n) is 29.5. The molecule has 2 saturated heterocycles. The number of hydrogen-bond acceptors (Lipinski definition) is 8. The van der Waals surface area contributed by atoms with Gasteiger partial charge in [-0.05, 0) is 124 Å². The highest BCUT2D eigenvalue weighted by Crippen LogP contribution is 2.30. The molecule has 50 heavy (non-hydrogen) atoms. The zero-order valence-corrected chi connectivity index (χ0v) is 29.5. The van der Waals surface area contributed by atoms with Crippen LogP contribution in [-0.4, -0.2) is 64.8 Å². The average Bonchev–Trinajstić information content (AvgIpc) is 3.17. The van der Waals surface area contributed by atoms with E-state index in [1.807, 2.05) is 60.7 Å². The summed E-state index contributed by atoms with van der Waals surface area (Å²) in [4.78, 5) is 23.8. The SMILES string of the molecule is O=Cc1cc(-c2ccc(-c3ccc(OCCCCCCOC4CCCCO4)c(C=O)c3)cc2)ccc1OCCCCCCOC1CCCCO1. The van der Waals surface area contributed by atoms with Crippen LogP contribution in [0.3, 0.4) is 0 Å². The van der Waals surface area contributed by atoms with Gasteiger partial charge >= 0.3 is 0 Å². The van der Waals surface area contributed by atoms with Crippen LogP contribution in [0.5, 0.6) is 11.5 Å². The first kappa shape index (κ1) is 37.7. The molecular formula is C42H54O8. The lowest BCUT2D eigenvalue weighted by molar-refractivity contribution is -0.163. The Kier molecular flexibility index (Phi) is 16.3. The summed E-state index contributed by atoms with van der Waals surface area (Å²) in [5.74, 6) is 1.22. The first-order valence-corrected chi connectivity index (χ1v) is 18.7. The molecule has 270 valence electrons. The van der Waals surface area contributed by atoms with Crippen molar-refractivity contribution in [2.75, 3.05) is 39.6 Å². The third-order valence-electron chi connectivity index (χ3n) is 9.30. The van der Waals surface area contributed by atoms with E-state index in [2.05, 4.69) is 0 Å². The normalized spacial score (nSPS) is 17.7. The number of rotatable bonds is 22. The van der Waals surface area contributed by atoms with Gasteiger partial charge in [-0.2, -0.15) is 0 Å². The fourth-order valence-electron chi connectivity index (χ4n) is 6.35. The first-order valence-electron chi connectivity index (χ1n) is 18.7. The molecule has 8 heteroatoms. The van der Waals surface area contributed by atoms with E-state index in [0.29, 0.717) is 35.8 Å². The van der Waals surface area contributed by atoms with Gasteiger partial charge in [0.05, 0.1) is 24.3 Å². The van der Waals surface area contributed by atoms with E-state index >= 15 is 0 Å². The molecule has 5 rings (SSSR count). The second kappa shape index (κ2) is 21.6. The number of benzene rings is 3. The smallest absolute Gasteiger partial charge is 0.157 e. The summed E-state index contributed by atoms with van der Waals surface area (Å²) in [6, 6.07) is 19.6. The highest BCUT2D eigenvalue weighted by molar-refractivity contribution is 5.85. The molecule has 0 aliphatic carbocycles. The second-order valence-electron chi connectivity index (χ2n) is 13.2. The summed E-state index contributed by atoms with van der Waals surface area (Å²) in [5, 5.41) is 0. The Hall–Kier alpha value is -3.56. The lowest BCUT2D eigenvalue weighted by atomic mass is 9.98. The summed E-state index contributed by atoms with van der Waals surface area (Å²) in [6.45, 7) is 4.23. The van der Waals surface area contributed by atoms with E-state index < -0.39 is 0 Å². The number of hydrogen-bond donors (Lipinski definition) is 0. The topological polar surface area (TPSA) is 89.5 Å². The second-order valence-corrected chi connectivity index (χ2v) is 13.2. The number of carbonyl (C=O) groups excluding carboxylic acids is 2. The van der Waals surface area contributed by atoms with E-state index in [-0.39, 0.29) is 12.6 Å². The zero-order chi connectivity index (χ0) is 34.6. The highest BCUT2D eigenvalue weighted by atomic mass is 16.7. The Balaban J connectivity index is 1.02. The van der Waals surface area contributed by atoms with Crippen molar-refractivity contribution in [1.29, 1.82) is 0 Å². The lowest BCUT2D eigenvalue weighted by Gasteiger charge is -2.22. The highest BCUT2D eigenvalue weighted by Gasteiger charge is 2.15. The molecule has 8 nitrogen and oxygen atoms in total. The number of unbranched alkanes of at least 4 members (excludes halogenated alkanes) is 6. The van der Waals surface area contributed by atoms with Gasteiger partial charge in [0.1, 0.15) is 11.5 Å². The summed E-state index contributed by atoms with van der Waals surface area (Å²) in [6.07, 6.45) is 16.4. The van der Waals surface area contributed by atoms with Gasteiger partial charge in [0.15, 0.2) is 25.2 Å². The van der Waals surface area contributed by atoms with Gasteiger partial charge in [-0.3, -0.25) is 9.59 Å². The predicted molar refractivity (Wildman–Crippen MR) is 195 cm³/mol. The van der Waals surface area contributed by atoms with Gasteiger partial charge in [-0.25, -0.2) is 0 Å². The van der Waals surface area contributed by atoms with Gasteiger partial charge < -0.3 is 28.4 Å². The minimum atomic E-state index is -0.0198. The van der Waals surface area contributed by atoms with Crippen LogP contribution in [0.25, 0.3) is 22.3 Å². The summed E-state index contributed by atoms with van der Waals surface area (Å²) in [7, 11) is 0. The molecule has 2 aliphatic heterocycles. The maximum absolute atomic E-state index is 11.9. The van der Waals surface area contributed by atoms with Crippen LogP contribution >= 0.6 is 0 Å². The molecule has 2 aliphatic rings. The molecule has 0 aromatic heterocycles. The number of aldehydes is 2. The Labute approximate surface area is 297 Å². The Morgan fingerprint density at radius 1 is 0.500 bits per heavy atom. The van der Waals surface area contributed by atoms with Crippen LogP contribution in [0.4, 0.5) is 0 Å². The average molecular weight is 687 g/mol. The third-order valence-corrected chi connectivity index (χ3v) is 9.30. The largest absolute Gasteiger partial charge is 0.493 e. The molecule has 0 N–H and O–H groups in total. The maximum atomic E-state index is 11.9. The van der Waals surface area contributed by atoms with Crippen LogP contribution in [-0.2, 0) is 18.9 Å². The lowest BCUT2D eigenvalue weighted by Crippen LogP contribution is -2.22. The van der Waals surface area contributed by atoms with E-state index in [4.69, 9.17) is 28.4 Å². The van der Waals surface area contributed by atoms with Gasteiger partial charge in [-0.1, -0.05) is 49.2 Å². The van der Waals surface area contributed by atoms with E-state index in [1.165, 1.54) is 12.8 Å². The molecule has 0 spiro atoms. The molecule has 0 radical (unpaired) electrons. The monoisotopic (exact) mass is 686 g/mol. The predicted octanol–water partition coefficient (Wildman–Crippen LogP) is 9.61. The molecule has 2 unspecified atom stereocenters. The molecule has 0 amide bonds. The van der Waals surface area contributed by atoms with E-state index in [0.717, 1.165) is 138 Å². The summed E-state index contributed by atoms with van der Waals surface area (Å²) >= 11 is 0. The Bertz CT molecular complexity index is 1320. The van der Waals surface area contributed by atoms with Crippen molar-refractivity contribution < 1.29 is 38.0 Å². The van der Waals surface area contributed by atoms with Gasteiger partial charge in [0.25, 0.3) is 0 Å². The number of ether oxygens (including phenoxy) is 6. The van der Waals surface area contributed by atoms with Crippen molar-refractivity contribution in [3.8, 4) is 33.8 Å². The van der Waals surface area contributed by atoms with Crippen molar-refractivity contribution in [1.82, 2.24) is 0 Å². The minimum absolute atomic E-state index is 0.0198. The van der Waals surface area contributed by atoms with Crippen LogP contribution in [0.1, 0.15) is 111 Å². The molecular weight excluding hydrogens is 632 g/mol. The fraction of sp³-hybridized carbons (Fsp3) is 0.524. The van der Waals surface area contributed by atoms with Crippen LogP contribution in [0.15, 0.2) is 60.7 Å². The minimum Gasteiger partial charge on any atom is -0.493 e. The molecule has 2 heterocycles. The van der Waals surface area contributed by atoms with Gasteiger partial charge in [0, 0.05) is 26.4 Å². The quantitative estimate of drug-likeness (QED) is 0.0763. The molecule has 2 fully saturated rings. The summed E-state index contributed by atoms with van der Waals surface area (Å²) < 4.78 is 34.8. The standard InChI is InChI=1S/C42H54O8/c43-31-37-29-35(19-21-39(37)45-23-7-1-3-9-25-47-41-13-5-11-27-49-41)33-15-17-34(18-16-33)36-20-22-40(38(30-36)32-44)46-24-8-2-4-10-26-48-42-14-6-12-28-50-42/h15-22,29-32,41-42H,1-14,23-28H2.